The van der Waals surface area contributed by atoms with Crippen molar-refractivity contribution in [2.24, 2.45) is 0 Å². The Balaban J connectivity index is 2.14. The smallest absolute Gasteiger partial charge is 0.203 e. The van der Waals surface area contributed by atoms with Crippen molar-refractivity contribution >= 4 is 51.2 Å². The summed E-state index contributed by atoms with van der Waals surface area (Å²) in [4.78, 5) is 3.91. The molecule has 0 atom stereocenters. The van der Waals surface area contributed by atoms with Crippen LogP contribution in [0.2, 0.25) is 4.47 Å². The molecule has 2 rings (SSSR count). The third-order valence-corrected chi connectivity index (χ3v) is 4.09. The Bertz CT molecular complexity index is 373. The minimum Gasteiger partial charge on any atom is -0.374 e. The first kappa shape index (κ1) is 9.20. The number of rotatable bonds is 2. The Morgan fingerprint density at radius 2 is 2.23 bits per heavy atom. The van der Waals surface area contributed by atoms with E-state index in [0.717, 1.165) is 8.55 Å². The summed E-state index contributed by atoms with van der Waals surface area (Å²) in [5.41, 5.74) is 5.43. The highest BCUT2D eigenvalue weighted by Gasteiger charge is 2.06. The van der Waals surface area contributed by atoms with Gasteiger partial charge in [-0.2, -0.15) is 0 Å². The summed E-state index contributed by atoms with van der Waals surface area (Å²) < 4.78 is 2.32. The van der Waals surface area contributed by atoms with Crippen LogP contribution >= 0.6 is 46.0 Å². The van der Waals surface area contributed by atoms with Crippen molar-refractivity contribution in [1.29, 1.82) is 0 Å². The third kappa shape index (κ3) is 2.31. The first-order valence-electron chi connectivity index (χ1n) is 3.12. The van der Waals surface area contributed by atoms with Crippen molar-refractivity contribution in [1.82, 2.24) is 15.2 Å². The van der Waals surface area contributed by atoms with Crippen LogP contribution in [-0.2, 0) is 0 Å². The van der Waals surface area contributed by atoms with Crippen LogP contribution in [0.5, 0.6) is 0 Å². The Labute approximate surface area is 91.2 Å². The van der Waals surface area contributed by atoms with Gasteiger partial charge < -0.3 is 5.73 Å². The van der Waals surface area contributed by atoms with Gasteiger partial charge in [-0.1, -0.05) is 34.3 Å². The van der Waals surface area contributed by atoms with E-state index in [1.54, 1.807) is 6.20 Å². The molecule has 2 aromatic heterocycles. The number of nitrogen functional groups attached to an aromatic ring is 1. The van der Waals surface area contributed by atoms with Crippen LogP contribution in [0.25, 0.3) is 0 Å². The summed E-state index contributed by atoms with van der Waals surface area (Å²) >= 11 is 9.89. The highest BCUT2D eigenvalue weighted by Crippen LogP contribution is 2.35. The number of halogens is 1. The van der Waals surface area contributed by atoms with Crippen molar-refractivity contribution in [2.75, 3.05) is 5.73 Å². The van der Waals surface area contributed by atoms with E-state index in [2.05, 4.69) is 15.2 Å². The lowest BCUT2D eigenvalue weighted by Crippen LogP contribution is -1.79. The van der Waals surface area contributed by atoms with E-state index in [-0.39, 0.29) is 0 Å². The normalized spacial score (nSPS) is 10.5. The minimum absolute atomic E-state index is 0.470. The predicted octanol–water partition coefficient (Wildman–Crippen LogP) is 2.38. The first-order chi connectivity index (χ1) is 6.24. The Morgan fingerprint density at radius 3 is 2.77 bits per heavy atom. The van der Waals surface area contributed by atoms with Crippen molar-refractivity contribution < 1.29 is 0 Å². The Morgan fingerprint density at radius 1 is 1.38 bits per heavy atom. The summed E-state index contributed by atoms with van der Waals surface area (Å²) in [6.07, 6.45) is 1.70. The molecule has 0 aliphatic heterocycles. The maximum absolute atomic E-state index is 5.67. The second kappa shape index (κ2) is 3.79. The number of thiazole rings is 1. The largest absolute Gasteiger partial charge is 0.374 e. The second-order valence-electron chi connectivity index (χ2n) is 1.94. The van der Waals surface area contributed by atoms with Crippen LogP contribution in [0.4, 0.5) is 5.13 Å². The molecule has 0 saturated heterocycles. The predicted molar refractivity (Wildman–Crippen MR) is 55.6 cm³/mol. The zero-order valence-electron chi connectivity index (χ0n) is 6.10. The molecular formula is C5H3ClN4S3. The number of hydrogen-bond donors (Lipinski definition) is 1. The number of aromatic nitrogens is 3. The van der Waals surface area contributed by atoms with E-state index in [0.29, 0.717) is 9.60 Å². The lowest BCUT2D eigenvalue weighted by atomic mass is 11.0. The van der Waals surface area contributed by atoms with Gasteiger partial charge >= 0.3 is 0 Å². The van der Waals surface area contributed by atoms with Gasteiger partial charge in [-0.05, 0) is 11.8 Å². The summed E-state index contributed by atoms with van der Waals surface area (Å²) in [6, 6.07) is 0. The van der Waals surface area contributed by atoms with E-state index < -0.39 is 0 Å². The van der Waals surface area contributed by atoms with Gasteiger partial charge in [-0.3, -0.25) is 0 Å². The van der Waals surface area contributed by atoms with E-state index >= 15 is 0 Å². The molecule has 8 heteroatoms. The second-order valence-corrected chi connectivity index (χ2v) is 6.11. The zero-order valence-corrected chi connectivity index (χ0v) is 9.30. The molecule has 0 unspecified atom stereocenters. The molecule has 0 radical (unpaired) electrons. The molecule has 0 fully saturated rings. The van der Waals surface area contributed by atoms with Crippen LogP contribution < -0.4 is 5.73 Å². The lowest BCUT2D eigenvalue weighted by Gasteiger charge is -1.85. The average Bonchev–Trinajstić information content (AvgIpc) is 2.62. The van der Waals surface area contributed by atoms with E-state index in [4.69, 9.17) is 17.3 Å². The van der Waals surface area contributed by atoms with Gasteiger partial charge in [0.05, 0.1) is 10.4 Å². The molecular weight excluding hydrogens is 248 g/mol. The molecule has 2 N–H and O–H groups in total. The molecule has 0 bridgehead atoms. The SMILES string of the molecule is Nc1nnc(Sc2cnc(Cl)s2)s1. The van der Waals surface area contributed by atoms with Crippen molar-refractivity contribution in [3.05, 3.63) is 10.7 Å². The number of nitrogens with two attached hydrogens (primary N) is 1. The maximum Gasteiger partial charge on any atom is 0.203 e. The molecule has 4 nitrogen and oxygen atoms in total. The van der Waals surface area contributed by atoms with Gasteiger partial charge in [0.25, 0.3) is 0 Å². The molecule has 68 valence electrons. The van der Waals surface area contributed by atoms with Gasteiger partial charge in [0.1, 0.15) is 0 Å². The summed E-state index contributed by atoms with van der Waals surface area (Å²) in [5, 5.41) is 8.03. The monoisotopic (exact) mass is 250 g/mol. The summed E-state index contributed by atoms with van der Waals surface area (Å²) in [6.45, 7) is 0. The molecule has 0 aliphatic carbocycles. The molecule has 0 aliphatic rings. The van der Waals surface area contributed by atoms with E-state index in [9.17, 15) is 0 Å². The van der Waals surface area contributed by atoms with E-state index in [1.807, 2.05) is 0 Å². The van der Waals surface area contributed by atoms with Gasteiger partial charge in [0, 0.05) is 0 Å². The van der Waals surface area contributed by atoms with Crippen LogP contribution in [0.3, 0.4) is 0 Å². The van der Waals surface area contributed by atoms with Crippen molar-refractivity contribution in [3.63, 3.8) is 0 Å². The van der Waals surface area contributed by atoms with Crippen LogP contribution in [0.15, 0.2) is 14.7 Å². The fourth-order valence-corrected chi connectivity index (χ4v) is 3.64. The molecule has 0 saturated carbocycles. The average molecular weight is 251 g/mol. The van der Waals surface area contributed by atoms with Gasteiger partial charge in [0.15, 0.2) is 8.81 Å². The summed E-state index contributed by atoms with van der Waals surface area (Å²) in [7, 11) is 0. The van der Waals surface area contributed by atoms with Crippen molar-refractivity contribution in [2.45, 2.75) is 8.55 Å². The van der Waals surface area contributed by atoms with Crippen molar-refractivity contribution in [3.8, 4) is 0 Å². The fourth-order valence-electron chi connectivity index (χ4n) is 0.634. The number of hydrogen-bond acceptors (Lipinski definition) is 7. The van der Waals surface area contributed by atoms with Crippen LogP contribution in [-0.4, -0.2) is 15.2 Å². The standard InChI is InChI=1S/C5H3ClN4S3/c6-3-8-1-2(11-3)12-5-10-9-4(7)13-5/h1H,(H2,7,9). The van der Waals surface area contributed by atoms with Gasteiger partial charge in [0.2, 0.25) is 5.13 Å². The molecule has 0 aromatic carbocycles. The highest BCUT2D eigenvalue weighted by molar-refractivity contribution is 8.02. The van der Waals surface area contributed by atoms with Gasteiger partial charge in [-0.25, -0.2) is 4.98 Å². The molecule has 0 amide bonds. The zero-order chi connectivity index (χ0) is 9.26. The Kier molecular flexibility index (Phi) is 2.68. The Hall–Kier alpha value is -0.370. The highest BCUT2D eigenvalue weighted by atomic mass is 35.5. The summed E-state index contributed by atoms with van der Waals surface area (Å²) in [5.74, 6) is 0. The first-order valence-corrected chi connectivity index (χ1v) is 5.95. The molecule has 2 aromatic rings. The van der Waals surface area contributed by atoms with Gasteiger partial charge in [-0.15, -0.1) is 10.2 Å². The maximum atomic E-state index is 5.67. The van der Waals surface area contributed by atoms with Crippen LogP contribution in [0, 0.1) is 0 Å². The van der Waals surface area contributed by atoms with Crippen LogP contribution in [0.1, 0.15) is 0 Å². The topological polar surface area (TPSA) is 64.7 Å². The lowest BCUT2D eigenvalue weighted by molar-refractivity contribution is 1.02. The van der Waals surface area contributed by atoms with E-state index in [1.165, 1.54) is 34.4 Å². The number of anilines is 1. The minimum atomic E-state index is 0.470. The third-order valence-electron chi connectivity index (χ3n) is 1.07. The molecule has 13 heavy (non-hydrogen) atoms. The molecule has 2 heterocycles. The number of nitrogens with zero attached hydrogens (tertiary/aromatic N) is 3. The molecule has 0 spiro atoms. The quantitative estimate of drug-likeness (QED) is 0.887. The fraction of sp³-hybridized carbons (Fsp3) is 0.